The van der Waals surface area contributed by atoms with Crippen LogP contribution in [-0.4, -0.2) is 47.8 Å². The molecule has 4 unspecified atom stereocenters. The van der Waals surface area contributed by atoms with E-state index in [0.29, 0.717) is 20.2 Å². The van der Waals surface area contributed by atoms with Crippen LogP contribution in [-0.2, 0) is 4.74 Å². The van der Waals surface area contributed by atoms with Crippen molar-refractivity contribution in [3.63, 3.8) is 0 Å². The fraction of sp³-hybridized carbons (Fsp3) is 0.857. The molecule has 0 aromatic carbocycles. The molecule has 0 spiro atoms. The second-order valence-electron chi connectivity index (χ2n) is 5.87. The zero-order valence-electron chi connectivity index (χ0n) is 11.5. The Morgan fingerprint density at radius 2 is 1.81 bits per heavy atom. The molecule has 0 heterocycles. The summed E-state index contributed by atoms with van der Waals surface area (Å²) in [5.74, 6) is 0.359. The molecular weight excluding hydrogens is 613 g/mol. The van der Waals surface area contributed by atoms with Crippen molar-refractivity contribution in [1.82, 2.24) is 0 Å². The van der Waals surface area contributed by atoms with Crippen LogP contribution in [0.1, 0.15) is 32.1 Å². The number of halogens is 3. The molecule has 4 nitrogen and oxygen atoms in total. The molecule has 6 atom stereocenters. The molecule has 1 saturated carbocycles. The molecule has 1 fully saturated rings. The van der Waals surface area contributed by atoms with Gasteiger partial charge in [0.1, 0.15) is 0 Å². The van der Waals surface area contributed by atoms with E-state index in [2.05, 4.69) is 67.8 Å². The summed E-state index contributed by atoms with van der Waals surface area (Å²) in [4.78, 5) is 0. The minimum absolute atomic E-state index is 0.0971. The van der Waals surface area contributed by atoms with E-state index in [4.69, 9.17) is 14.9 Å². The summed E-state index contributed by atoms with van der Waals surface area (Å²) in [5.41, 5.74) is 0. The molecule has 0 aliphatic heterocycles. The second kappa shape index (κ2) is 8.75. The molecule has 0 saturated heterocycles. The summed E-state index contributed by atoms with van der Waals surface area (Å²) in [5, 5.41) is 28.0. The lowest BCUT2D eigenvalue weighted by Crippen LogP contribution is -2.43. The monoisotopic (exact) mass is 634 g/mol. The first-order valence-corrected chi connectivity index (χ1v) is 10.8. The van der Waals surface area contributed by atoms with Gasteiger partial charge in [-0.1, -0.05) is 45.2 Å². The van der Waals surface area contributed by atoms with E-state index in [1.807, 2.05) is 6.08 Å². The third-order valence-electron chi connectivity index (χ3n) is 4.09. The van der Waals surface area contributed by atoms with E-state index < -0.39 is 6.29 Å². The van der Waals surface area contributed by atoms with Crippen LogP contribution in [0, 0.1) is 5.92 Å². The largest absolute Gasteiger partial charge is 0.388 e. The Kier molecular flexibility index (Phi) is 7.95. The summed E-state index contributed by atoms with van der Waals surface area (Å²) >= 11 is 7.06. The summed E-state index contributed by atoms with van der Waals surface area (Å²) in [6.07, 6.45) is 4.85. The number of hydrogen-bond acceptors (Lipinski definition) is 4. The van der Waals surface area contributed by atoms with Gasteiger partial charge < -0.3 is 20.1 Å². The lowest BCUT2D eigenvalue weighted by molar-refractivity contribution is -0.0658. The normalized spacial score (nSPS) is 41.2. The molecule has 0 aromatic heterocycles. The van der Waals surface area contributed by atoms with Crippen molar-refractivity contribution in [2.75, 3.05) is 0 Å². The minimum atomic E-state index is -1.20. The fourth-order valence-corrected chi connectivity index (χ4v) is 7.32. The van der Waals surface area contributed by atoms with Crippen LogP contribution in [0.3, 0.4) is 0 Å². The number of aliphatic hydroxyl groups is 3. The van der Waals surface area contributed by atoms with Gasteiger partial charge in [-0.05, 0) is 60.3 Å². The maximum Gasteiger partial charge on any atom is 0.151 e. The Bertz CT molecular complexity index is 365. The molecule has 21 heavy (non-hydrogen) atoms. The molecule has 7 heteroatoms. The second-order valence-corrected chi connectivity index (χ2v) is 10.3. The van der Waals surface area contributed by atoms with E-state index in [1.54, 1.807) is 0 Å². The highest BCUT2D eigenvalue weighted by Crippen LogP contribution is 2.39. The maximum absolute atomic E-state index is 9.74. The fourth-order valence-electron chi connectivity index (χ4n) is 3.03. The van der Waals surface area contributed by atoms with Gasteiger partial charge in [-0.15, -0.1) is 0 Å². The highest BCUT2D eigenvalue weighted by Gasteiger charge is 2.38. The minimum Gasteiger partial charge on any atom is -0.388 e. The van der Waals surface area contributed by atoms with Crippen molar-refractivity contribution >= 4 is 67.8 Å². The van der Waals surface area contributed by atoms with Crippen LogP contribution >= 0.6 is 67.8 Å². The van der Waals surface area contributed by atoms with E-state index in [-0.39, 0.29) is 18.3 Å². The van der Waals surface area contributed by atoms with Crippen molar-refractivity contribution in [2.45, 2.75) is 64.6 Å². The average molecular weight is 634 g/mol. The first-order valence-electron chi connectivity index (χ1n) is 7.21. The summed E-state index contributed by atoms with van der Waals surface area (Å²) < 4.78 is 8.06. The van der Waals surface area contributed by atoms with Crippen LogP contribution < -0.4 is 0 Å². The molecule has 3 N–H and O–H groups in total. The van der Waals surface area contributed by atoms with Gasteiger partial charge in [-0.2, -0.15) is 0 Å². The Balaban J connectivity index is 1.92. The number of hydrogen-bond donors (Lipinski definition) is 3. The first-order chi connectivity index (χ1) is 9.86. The van der Waals surface area contributed by atoms with Crippen LogP contribution in [0.2, 0.25) is 0 Å². The van der Waals surface area contributed by atoms with Gasteiger partial charge in [0.2, 0.25) is 0 Å². The molecule has 2 rings (SSSR count). The molecule has 0 amide bonds. The van der Waals surface area contributed by atoms with Gasteiger partial charge in [-0.25, -0.2) is 0 Å². The van der Waals surface area contributed by atoms with Crippen LogP contribution in [0.25, 0.3) is 0 Å². The first kappa shape index (κ1) is 19.1. The van der Waals surface area contributed by atoms with Gasteiger partial charge in [0.05, 0.1) is 18.3 Å². The van der Waals surface area contributed by atoms with Crippen LogP contribution in [0.15, 0.2) is 9.66 Å². The van der Waals surface area contributed by atoms with Crippen molar-refractivity contribution in [2.24, 2.45) is 5.92 Å². The molecule has 0 bridgehead atoms. The predicted molar refractivity (Wildman–Crippen MR) is 107 cm³/mol. The molecule has 2 aliphatic carbocycles. The van der Waals surface area contributed by atoms with Crippen molar-refractivity contribution in [1.29, 1.82) is 0 Å². The third kappa shape index (κ3) is 5.66. The average Bonchev–Trinajstić information content (AvgIpc) is 2.37. The number of aliphatic hydroxyl groups excluding tert-OH is 2. The number of alkyl halides is 2. The molecule has 122 valence electrons. The Labute approximate surface area is 166 Å². The highest BCUT2D eigenvalue weighted by atomic mass is 127. The van der Waals surface area contributed by atoms with Gasteiger partial charge in [0.25, 0.3) is 0 Å². The van der Waals surface area contributed by atoms with E-state index in [1.165, 1.54) is 0 Å². The quantitative estimate of drug-likeness (QED) is 0.253. The smallest absolute Gasteiger partial charge is 0.151 e. The van der Waals surface area contributed by atoms with Gasteiger partial charge in [0, 0.05) is 17.8 Å². The predicted octanol–water partition coefficient (Wildman–Crippen LogP) is 2.93. The third-order valence-corrected chi connectivity index (χ3v) is 7.61. The lowest BCUT2D eigenvalue weighted by Gasteiger charge is -2.39. The van der Waals surface area contributed by atoms with Crippen molar-refractivity contribution in [3.8, 4) is 0 Å². The topological polar surface area (TPSA) is 69.9 Å². The number of rotatable bonds is 4. The van der Waals surface area contributed by atoms with E-state index >= 15 is 0 Å². The van der Waals surface area contributed by atoms with Crippen LogP contribution in [0.5, 0.6) is 0 Å². The standard InChI is InChI=1S/C14H21I3O4/c15-9-6-8(1-2-12(9)18)21-14-10(16)3-7(4-11(14)17)5-13(19)20/h6-8,10-14,18-20H,1-5H2/t7?,8?,10-,11+,12?,14?. The van der Waals surface area contributed by atoms with Gasteiger partial charge in [-0.3, -0.25) is 0 Å². The summed E-state index contributed by atoms with van der Waals surface area (Å²) in [6, 6.07) is 0. The highest BCUT2D eigenvalue weighted by molar-refractivity contribution is 14.1. The van der Waals surface area contributed by atoms with Gasteiger partial charge in [0.15, 0.2) is 6.29 Å². The van der Waals surface area contributed by atoms with Crippen molar-refractivity contribution in [3.05, 3.63) is 9.66 Å². The molecule has 0 radical (unpaired) electrons. The van der Waals surface area contributed by atoms with Crippen LogP contribution in [0.4, 0.5) is 0 Å². The number of ether oxygens (including phenoxy) is 1. The van der Waals surface area contributed by atoms with Gasteiger partial charge >= 0.3 is 0 Å². The Morgan fingerprint density at radius 3 is 2.33 bits per heavy atom. The summed E-state index contributed by atoms with van der Waals surface area (Å²) in [6.45, 7) is 0. The van der Waals surface area contributed by atoms with Crippen molar-refractivity contribution < 1.29 is 20.1 Å². The Morgan fingerprint density at radius 1 is 1.19 bits per heavy atom. The molecule has 2 aliphatic rings. The zero-order chi connectivity index (χ0) is 15.6. The van der Waals surface area contributed by atoms with E-state index in [9.17, 15) is 5.11 Å². The zero-order valence-corrected chi connectivity index (χ0v) is 18.0. The molecular formula is C14H21I3O4. The maximum atomic E-state index is 9.74. The Hall–Kier alpha value is 1.77. The summed E-state index contributed by atoms with van der Waals surface area (Å²) in [7, 11) is 0. The molecule has 0 aromatic rings. The SMILES string of the molecule is OC(O)CC1C[C@@H](I)C(OC2C=C(I)C(O)CC2)[C@@H](I)C1. The van der Waals surface area contributed by atoms with E-state index in [0.717, 1.165) is 29.3 Å². The lowest BCUT2D eigenvalue weighted by atomic mass is 9.85.